The second-order valence-electron chi connectivity index (χ2n) is 8.61. The highest BCUT2D eigenvalue weighted by Gasteiger charge is 2.22. The van der Waals surface area contributed by atoms with Gasteiger partial charge in [-0.25, -0.2) is 0 Å². The zero-order chi connectivity index (χ0) is 22.6. The Labute approximate surface area is 192 Å². The molecule has 4 nitrogen and oxygen atoms in total. The van der Waals surface area contributed by atoms with E-state index in [9.17, 15) is 15.0 Å². The molecule has 5 heteroatoms. The lowest BCUT2D eigenvalue weighted by Gasteiger charge is -2.24. The van der Waals surface area contributed by atoms with Crippen molar-refractivity contribution in [3.63, 3.8) is 0 Å². The third-order valence-electron chi connectivity index (χ3n) is 6.11. The Morgan fingerprint density at radius 2 is 1.44 bits per heavy atom. The van der Waals surface area contributed by atoms with Crippen molar-refractivity contribution < 1.29 is 10.2 Å². The number of hydrogen-bond acceptors (Lipinski definition) is 5. The number of benzene rings is 3. The molecular weight excluding hydrogens is 418 g/mol. The standard InChI is InChI=1S/C27H29NO3S/c28-27(17-29,18-30)14-13-21-10-12-24-23(15-21)26(31)22-11-9-20(16-25(22)32-24)8-4-7-19-5-2-1-3-6-19/h1-3,5-6,9-12,15-16,29-30H,4,7-8,13-14,17-18,28H2. The molecule has 4 N–H and O–H groups in total. The second-order valence-corrected chi connectivity index (χ2v) is 9.69. The normalized spacial score (nSPS) is 12.0. The van der Waals surface area contributed by atoms with E-state index < -0.39 is 5.54 Å². The molecule has 0 aliphatic heterocycles. The highest BCUT2D eigenvalue weighted by atomic mass is 32.1. The number of aliphatic hydroxyl groups excluding tert-OH is 2. The highest BCUT2D eigenvalue weighted by molar-refractivity contribution is 7.24. The minimum atomic E-state index is -1.00. The fourth-order valence-corrected chi connectivity index (χ4v) is 5.12. The maximum absolute atomic E-state index is 13.2. The summed E-state index contributed by atoms with van der Waals surface area (Å²) >= 11 is 1.65. The quantitative estimate of drug-likeness (QED) is 0.336. The second kappa shape index (κ2) is 9.92. The molecule has 32 heavy (non-hydrogen) atoms. The molecule has 1 heterocycles. The Kier molecular flexibility index (Phi) is 7.01. The monoisotopic (exact) mass is 447 g/mol. The molecule has 0 spiro atoms. The molecule has 4 aromatic rings. The van der Waals surface area contributed by atoms with E-state index >= 15 is 0 Å². The summed E-state index contributed by atoms with van der Waals surface area (Å²) < 4.78 is 1.99. The van der Waals surface area contributed by atoms with Gasteiger partial charge in [0.2, 0.25) is 0 Å². The predicted molar refractivity (Wildman–Crippen MR) is 133 cm³/mol. The van der Waals surface area contributed by atoms with Crippen LogP contribution in [0.15, 0.2) is 71.5 Å². The van der Waals surface area contributed by atoms with Crippen molar-refractivity contribution >= 4 is 31.5 Å². The van der Waals surface area contributed by atoms with Gasteiger partial charge in [-0.3, -0.25) is 4.79 Å². The van der Waals surface area contributed by atoms with Crippen molar-refractivity contribution in [3.8, 4) is 0 Å². The van der Waals surface area contributed by atoms with E-state index in [0.717, 1.165) is 39.6 Å². The summed E-state index contributed by atoms with van der Waals surface area (Å²) in [6.45, 7) is -0.547. The number of aliphatic hydroxyl groups is 2. The minimum absolute atomic E-state index is 0.0507. The van der Waals surface area contributed by atoms with E-state index in [0.29, 0.717) is 18.2 Å². The lowest BCUT2D eigenvalue weighted by molar-refractivity contribution is 0.115. The maximum atomic E-state index is 13.2. The minimum Gasteiger partial charge on any atom is -0.394 e. The van der Waals surface area contributed by atoms with Gasteiger partial charge in [0, 0.05) is 20.2 Å². The molecule has 166 valence electrons. The van der Waals surface area contributed by atoms with Crippen LogP contribution in [-0.4, -0.2) is 29.0 Å². The zero-order valence-electron chi connectivity index (χ0n) is 18.1. The Morgan fingerprint density at radius 1 is 0.750 bits per heavy atom. The summed E-state index contributed by atoms with van der Waals surface area (Å²) in [6, 6.07) is 22.6. The highest BCUT2D eigenvalue weighted by Crippen LogP contribution is 2.27. The van der Waals surface area contributed by atoms with Crippen LogP contribution in [0.3, 0.4) is 0 Å². The summed E-state index contributed by atoms with van der Waals surface area (Å²) in [7, 11) is 0. The molecule has 0 aliphatic rings. The van der Waals surface area contributed by atoms with Crippen molar-refractivity contribution in [3.05, 3.63) is 93.6 Å². The summed E-state index contributed by atoms with van der Waals surface area (Å²) in [5.74, 6) is 0. The topological polar surface area (TPSA) is 83.6 Å². The lowest BCUT2D eigenvalue weighted by atomic mass is 9.93. The Morgan fingerprint density at radius 3 is 2.19 bits per heavy atom. The molecule has 0 bridgehead atoms. The third kappa shape index (κ3) is 5.08. The van der Waals surface area contributed by atoms with Crippen molar-refractivity contribution in [1.29, 1.82) is 0 Å². The van der Waals surface area contributed by atoms with Gasteiger partial charge < -0.3 is 15.9 Å². The molecule has 0 atom stereocenters. The van der Waals surface area contributed by atoms with Crippen LogP contribution in [0, 0.1) is 0 Å². The smallest absolute Gasteiger partial charge is 0.195 e. The van der Waals surface area contributed by atoms with Crippen LogP contribution in [0.1, 0.15) is 29.5 Å². The Bertz CT molecular complexity index is 1260. The van der Waals surface area contributed by atoms with Crippen LogP contribution in [0.5, 0.6) is 0 Å². The van der Waals surface area contributed by atoms with Crippen LogP contribution < -0.4 is 11.2 Å². The average molecular weight is 448 g/mol. The third-order valence-corrected chi connectivity index (χ3v) is 7.25. The SMILES string of the molecule is NC(CO)(CO)CCc1ccc2sc3cc(CCCc4ccccc4)ccc3c(=O)c2c1. The van der Waals surface area contributed by atoms with Crippen LogP contribution in [0.4, 0.5) is 0 Å². The molecule has 0 amide bonds. The van der Waals surface area contributed by atoms with Crippen LogP contribution >= 0.6 is 11.3 Å². The van der Waals surface area contributed by atoms with Gasteiger partial charge in [0.1, 0.15) is 0 Å². The number of hydrogen-bond donors (Lipinski definition) is 3. The molecule has 0 unspecified atom stereocenters. The molecule has 4 rings (SSSR count). The number of fused-ring (bicyclic) bond motifs is 2. The van der Waals surface area contributed by atoms with Crippen molar-refractivity contribution in [2.45, 2.75) is 37.6 Å². The molecular formula is C27H29NO3S. The first-order valence-electron chi connectivity index (χ1n) is 11.0. The van der Waals surface area contributed by atoms with Gasteiger partial charge in [0.25, 0.3) is 0 Å². The fraction of sp³-hybridized carbons (Fsp3) is 0.296. The number of aryl methyl sites for hydroxylation is 3. The van der Waals surface area contributed by atoms with Gasteiger partial charge in [0.05, 0.1) is 18.8 Å². The van der Waals surface area contributed by atoms with E-state index in [-0.39, 0.29) is 18.6 Å². The van der Waals surface area contributed by atoms with Gasteiger partial charge in [-0.2, -0.15) is 0 Å². The number of nitrogens with two attached hydrogens (primary N) is 1. The molecule has 0 saturated carbocycles. The number of rotatable bonds is 9. The average Bonchev–Trinajstić information content (AvgIpc) is 2.83. The summed E-state index contributed by atoms with van der Waals surface area (Å²) in [5.41, 5.74) is 8.62. The Balaban J connectivity index is 1.54. The first kappa shape index (κ1) is 22.6. The van der Waals surface area contributed by atoms with Crippen LogP contribution in [-0.2, 0) is 19.3 Å². The maximum Gasteiger partial charge on any atom is 0.195 e. The fourth-order valence-electron chi connectivity index (χ4n) is 4.00. The summed E-state index contributed by atoms with van der Waals surface area (Å²) in [4.78, 5) is 13.2. The van der Waals surface area contributed by atoms with Gasteiger partial charge in [-0.1, -0.05) is 42.5 Å². The first-order chi connectivity index (χ1) is 15.5. The van der Waals surface area contributed by atoms with E-state index in [1.807, 2.05) is 30.3 Å². The van der Waals surface area contributed by atoms with Crippen LogP contribution in [0.25, 0.3) is 20.2 Å². The van der Waals surface area contributed by atoms with Gasteiger partial charge in [-0.15, -0.1) is 11.3 Å². The molecule has 0 aliphatic carbocycles. The summed E-state index contributed by atoms with van der Waals surface area (Å²) in [5, 5.41) is 20.3. The van der Waals surface area contributed by atoms with Crippen molar-refractivity contribution in [1.82, 2.24) is 0 Å². The van der Waals surface area contributed by atoms with Crippen molar-refractivity contribution in [2.24, 2.45) is 5.73 Å². The molecule has 0 fully saturated rings. The molecule has 3 aromatic carbocycles. The van der Waals surface area contributed by atoms with Crippen molar-refractivity contribution in [2.75, 3.05) is 13.2 Å². The molecule has 1 aromatic heterocycles. The van der Waals surface area contributed by atoms with E-state index in [1.165, 1.54) is 11.1 Å². The summed E-state index contributed by atoms with van der Waals surface area (Å²) in [6.07, 6.45) is 4.15. The van der Waals surface area contributed by atoms with E-state index in [1.54, 1.807) is 11.3 Å². The first-order valence-corrected chi connectivity index (χ1v) is 11.9. The molecule has 0 saturated heterocycles. The largest absolute Gasteiger partial charge is 0.394 e. The van der Waals surface area contributed by atoms with E-state index in [2.05, 4.69) is 36.4 Å². The van der Waals surface area contributed by atoms with Crippen LogP contribution in [0.2, 0.25) is 0 Å². The Hall–Kier alpha value is -2.57. The predicted octanol–water partition coefficient (Wildman–Crippen LogP) is 4.20. The van der Waals surface area contributed by atoms with Gasteiger partial charge >= 0.3 is 0 Å². The van der Waals surface area contributed by atoms with Gasteiger partial charge in [-0.05, 0) is 73.1 Å². The van der Waals surface area contributed by atoms with Gasteiger partial charge in [0.15, 0.2) is 5.43 Å². The van der Waals surface area contributed by atoms with E-state index in [4.69, 9.17) is 5.73 Å². The molecule has 0 radical (unpaired) electrons. The zero-order valence-corrected chi connectivity index (χ0v) is 18.9. The lowest BCUT2D eigenvalue weighted by Crippen LogP contribution is -2.47.